The minimum atomic E-state index is -1.30. The summed E-state index contributed by atoms with van der Waals surface area (Å²) >= 11 is 0. The van der Waals surface area contributed by atoms with Crippen molar-refractivity contribution in [1.82, 2.24) is 10.4 Å². The quantitative estimate of drug-likeness (QED) is 0.247. The van der Waals surface area contributed by atoms with Crippen LogP contribution in [0.25, 0.3) is 11.1 Å². The number of hydrogen-bond donors (Lipinski definition) is 1. The molecule has 0 saturated carbocycles. The van der Waals surface area contributed by atoms with Gasteiger partial charge in [0.05, 0.1) is 16.8 Å². The first-order valence-electron chi connectivity index (χ1n) is 13.5. The van der Waals surface area contributed by atoms with E-state index in [0.717, 1.165) is 44.1 Å². The number of nitrogens with zero attached hydrogens (tertiary/aromatic N) is 2. The van der Waals surface area contributed by atoms with Crippen LogP contribution in [0.1, 0.15) is 43.0 Å². The third-order valence-corrected chi connectivity index (χ3v) is 7.56. The number of allylic oxidation sites excluding steroid dienone is 1. The highest BCUT2D eigenvalue weighted by Gasteiger charge is 2.49. The molecule has 2 aliphatic heterocycles. The Morgan fingerprint density at radius 1 is 0.512 bits per heavy atom. The summed E-state index contributed by atoms with van der Waals surface area (Å²) in [6.07, 6.45) is 0. The van der Waals surface area contributed by atoms with Crippen molar-refractivity contribution in [3.63, 3.8) is 0 Å². The van der Waals surface area contributed by atoms with E-state index < -0.39 is 17.5 Å². The van der Waals surface area contributed by atoms with Crippen molar-refractivity contribution in [3.8, 4) is 0 Å². The number of imide groups is 1. The summed E-state index contributed by atoms with van der Waals surface area (Å²) < 4.78 is 0. The molecule has 0 radical (unpaired) electrons. The summed E-state index contributed by atoms with van der Waals surface area (Å²) in [5, 5.41) is 1.13. The van der Waals surface area contributed by atoms with Gasteiger partial charge in [0.2, 0.25) is 0 Å². The van der Waals surface area contributed by atoms with Gasteiger partial charge in [-0.1, -0.05) is 133 Å². The van der Waals surface area contributed by atoms with Crippen LogP contribution in [0.15, 0.2) is 151 Å². The first-order valence-corrected chi connectivity index (χ1v) is 13.5. The SMILES string of the molecule is O=C1c2ccccc2C(=O)N1NC1(c2ccccc2)N=C(c2ccccc2)C(c2ccccc2)=C1c1ccccc1. The molecule has 2 amide bonds. The van der Waals surface area contributed by atoms with Crippen LogP contribution >= 0.6 is 0 Å². The molecule has 5 aromatic rings. The lowest BCUT2D eigenvalue weighted by molar-refractivity contribution is 0.0501. The van der Waals surface area contributed by atoms with Gasteiger partial charge in [-0.15, -0.1) is 0 Å². The zero-order chi connectivity index (χ0) is 27.8. The van der Waals surface area contributed by atoms with Crippen LogP contribution < -0.4 is 5.43 Å². The molecule has 0 aliphatic carbocycles. The zero-order valence-corrected chi connectivity index (χ0v) is 22.1. The number of nitrogens with one attached hydrogen (secondary N) is 1. The highest BCUT2D eigenvalue weighted by molar-refractivity contribution is 6.40. The number of benzene rings is 5. The Morgan fingerprint density at radius 3 is 1.49 bits per heavy atom. The fraction of sp³-hybridized carbons (Fsp3) is 0.0278. The molecule has 2 heterocycles. The lowest BCUT2D eigenvalue weighted by atomic mass is 9.83. The molecule has 0 aromatic heterocycles. The molecule has 0 spiro atoms. The third-order valence-electron chi connectivity index (χ3n) is 7.56. The molecule has 1 unspecified atom stereocenters. The summed E-state index contributed by atoms with van der Waals surface area (Å²) in [5.41, 5.74) is 9.01. The molecule has 0 bridgehead atoms. The number of amides is 2. The Morgan fingerprint density at radius 2 is 0.951 bits per heavy atom. The van der Waals surface area contributed by atoms with Gasteiger partial charge in [0.25, 0.3) is 11.8 Å². The topological polar surface area (TPSA) is 61.8 Å². The molecule has 1 atom stereocenters. The molecule has 2 aliphatic rings. The van der Waals surface area contributed by atoms with Gasteiger partial charge in [-0.05, 0) is 23.3 Å². The fourth-order valence-corrected chi connectivity index (χ4v) is 5.71. The molecule has 5 aromatic carbocycles. The van der Waals surface area contributed by atoms with Crippen LogP contribution in [0, 0.1) is 0 Å². The van der Waals surface area contributed by atoms with E-state index in [4.69, 9.17) is 4.99 Å². The van der Waals surface area contributed by atoms with Crippen molar-refractivity contribution in [1.29, 1.82) is 0 Å². The minimum Gasteiger partial charge on any atom is -0.267 e. The van der Waals surface area contributed by atoms with Crippen LogP contribution in [0.2, 0.25) is 0 Å². The van der Waals surface area contributed by atoms with Gasteiger partial charge in [-0.2, -0.15) is 5.43 Å². The summed E-state index contributed by atoms with van der Waals surface area (Å²) in [4.78, 5) is 32.8. The van der Waals surface area contributed by atoms with Gasteiger partial charge >= 0.3 is 0 Å². The Hall–Kier alpha value is -5.39. The van der Waals surface area contributed by atoms with Crippen molar-refractivity contribution in [3.05, 3.63) is 179 Å². The Kier molecular flexibility index (Phi) is 5.99. The van der Waals surface area contributed by atoms with Crippen molar-refractivity contribution < 1.29 is 9.59 Å². The standard InChI is InChI=1S/C36H25N3O2/c40-34-29-23-13-14-24-30(29)35(41)39(34)38-36(28-21-11-4-12-22-28)32(26-17-7-2-8-18-26)31(25-15-5-1-6-16-25)33(37-36)27-19-9-3-10-20-27/h1-24,38H. The first kappa shape index (κ1) is 24.6. The lowest BCUT2D eigenvalue weighted by Gasteiger charge is -2.35. The predicted molar refractivity (Wildman–Crippen MR) is 161 cm³/mol. The van der Waals surface area contributed by atoms with E-state index in [-0.39, 0.29) is 0 Å². The second-order valence-electron chi connectivity index (χ2n) is 9.99. The summed E-state index contributed by atoms with van der Waals surface area (Å²) in [5.74, 6) is -0.809. The van der Waals surface area contributed by atoms with E-state index in [9.17, 15) is 9.59 Å². The smallest absolute Gasteiger partial charge is 0.267 e. The number of fused-ring (bicyclic) bond motifs is 1. The van der Waals surface area contributed by atoms with E-state index in [1.165, 1.54) is 0 Å². The highest BCUT2D eigenvalue weighted by atomic mass is 16.2. The molecular weight excluding hydrogens is 506 g/mol. The fourth-order valence-electron chi connectivity index (χ4n) is 5.71. The number of aliphatic imine (C=N–C) groups is 1. The molecule has 1 N–H and O–H groups in total. The van der Waals surface area contributed by atoms with Gasteiger partial charge in [-0.25, -0.2) is 5.01 Å². The van der Waals surface area contributed by atoms with Gasteiger partial charge in [0.1, 0.15) is 0 Å². The number of rotatable bonds is 6. The number of carbonyl (C=O) groups is 2. The minimum absolute atomic E-state index is 0.368. The third kappa shape index (κ3) is 4.03. The largest absolute Gasteiger partial charge is 0.276 e. The molecule has 0 fully saturated rings. The summed E-state index contributed by atoms with van der Waals surface area (Å²) in [6.45, 7) is 0. The Balaban J connectivity index is 1.55. The Bertz CT molecular complexity index is 1800. The first-order chi connectivity index (χ1) is 20.2. The predicted octanol–water partition coefficient (Wildman–Crippen LogP) is 6.75. The van der Waals surface area contributed by atoms with E-state index in [2.05, 4.69) is 17.6 Å². The maximum Gasteiger partial charge on any atom is 0.276 e. The maximum atomic E-state index is 13.7. The molecule has 196 valence electrons. The van der Waals surface area contributed by atoms with Crippen molar-refractivity contribution >= 4 is 28.7 Å². The zero-order valence-electron chi connectivity index (χ0n) is 22.1. The average Bonchev–Trinajstić information content (AvgIpc) is 3.52. The molecule has 41 heavy (non-hydrogen) atoms. The van der Waals surface area contributed by atoms with Crippen LogP contribution in [-0.4, -0.2) is 22.5 Å². The number of hydrogen-bond acceptors (Lipinski definition) is 4. The normalized spacial score (nSPS) is 18.0. The van der Waals surface area contributed by atoms with Crippen molar-refractivity contribution in [2.45, 2.75) is 5.66 Å². The summed E-state index contributed by atoms with van der Waals surface area (Å²) in [7, 11) is 0. The maximum absolute atomic E-state index is 13.7. The molecule has 5 heteroatoms. The van der Waals surface area contributed by atoms with Crippen LogP contribution in [-0.2, 0) is 5.66 Å². The highest BCUT2D eigenvalue weighted by Crippen LogP contribution is 2.49. The molecule has 0 saturated heterocycles. The van der Waals surface area contributed by atoms with E-state index >= 15 is 0 Å². The molecule has 5 nitrogen and oxygen atoms in total. The van der Waals surface area contributed by atoms with E-state index in [1.807, 2.05) is 109 Å². The van der Waals surface area contributed by atoms with Gasteiger partial charge in [0, 0.05) is 22.3 Å². The van der Waals surface area contributed by atoms with Crippen LogP contribution in [0.3, 0.4) is 0 Å². The molecule has 7 rings (SSSR count). The second kappa shape index (κ2) is 9.97. The van der Waals surface area contributed by atoms with Gasteiger partial charge < -0.3 is 0 Å². The van der Waals surface area contributed by atoms with Gasteiger partial charge in [0.15, 0.2) is 5.66 Å². The van der Waals surface area contributed by atoms with Crippen LogP contribution in [0.4, 0.5) is 0 Å². The Labute approximate surface area is 238 Å². The number of hydrazine groups is 1. The van der Waals surface area contributed by atoms with Gasteiger partial charge in [-0.3, -0.25) is 14.6 Å². The van der Waals surface area contributed by atoms with Crippen LogP contribution in [0.5, 0.6) is 0 Å². The van der Waals surface area contributed by atoms with E-state index in [0.29, 0.717) is 11.1 Å². The van der Waals surface area contributed by atoms with E-state index in [1.54, 1.807) is 24.3 Å². The second-order valence-corrected chi connectivity index (χ2v) is 9.99. The van der Waals surface area contributed by atoms with Crippen molar-refractivity contribution in [2.24, 2.45) is 4.99 Å². The van der Waals surface area contributed by atoms with Crippen molar-refractivity contribution in [2.75, 3.05) is 0 Å². The molecular formula is C36H25N3O2. The number of carbonyl (C=O) groups excluding carboxylic acids is 2. The average molecular weight is 532 g/mol. The summed E-state index contributed by atoms with van der Waals surface area (Å²) in [6, 6.07) is 46.9. The lowest BCUT2D eigenvalue weighted by Crippen LogP contribution is -2.53. The monoisotopic (exact) mass is 531 g/mol.